The Bertz CT molecular complexity index is 979. The molecule has 140 valence electrons. The Morgan fingerprint density at radius 1 is 1.22 bits per heavy atom. The van der Waals surface area contributed by atoms with Crippen LogP contribution in [0, 0.1) is 0 Å². The van der Waals surface area contributed by atoms with Crippen LogP contribution in [0.4, 0.5) is 10.5 Å². The van der Waals surface area contributed by atoms with Gasteiger partial charge in [-0.1, -0.05) is 12.1 Å². The van der Waals surface area contributed by atoms with Gasteiger partial charge in [-0.05, 0) is 36.2 Å². The molecule has 3 rings (SSSR count). The average molecular weight is 368 g/mol. The van der Waals surface area contributed by atoms with Gasteiger partial charge in [-0.15, -0.1) is 0 Å². The standard InChI is InChI=1S/C19H20N4O4/c1-23-11-21-16-10-13(9-15(17(16)23)18(24)25)22-19(26)20-8-7-12-3-5-14(27-2)6-4-12/h3-6,9-11H,7-8H2,1-2H3,(H,24,25)(H2,20,22,26). The van der Waals surface area contributed by atoms with Gasteiger partial charge in [0, 0.05) is 19.3 Å². The number of urea groups is 1. The molecule has 1 heterocycles. The van der Waals surface area contributed by atoms with Crippen molar-refractivity contribution >= 4 is 28.7 Å². The number of benzene rings is 2. The second-order valence-electron chi connectivity index (χ2n) is 6.03. The first-order valence-electron chi connectivity index (χ1n) is 8.34. The van der Waals surface area contributed by atoms with Gasteiger partial charge in [0.1, 0.15) is 5.75 Å². The molecule has 0 unspecified atom stereocenters. The minimum absolute atomic E-state index is 0.0843. The van der Waals surface area contributed by atoms with Crippen LogP contribution in [-0.2, 0) is 13.5 Å². The summed E-state index contributed by atoms with van der Waals surface area (Å²) < 4.78 is 6.74. The number of imidazole rings is 1. The maximum absolute atomic E-state index is 12.1. The second kappa shape index (κ2) is 7.77. The van der Waals surface area contributed by atoms with Crippen LogP contribution >= 0.6 is 0 Å². The largest absolute Gasteiger partial charge is 0.497 e. The van der Waals surface area contributed by atoms with Gasteiger partial charge in [-0.3, -0.25) is 0 Å². The number of aromatic carboxylic acids is 1. The normalized spacial score (nSPS) is 10.6. The zero-order chi connectivity index (χ0) is 19.4. The molecule has 3 N–H and O–H groups in total. The molecule has 8 nitrogen and oxygen atoms in total. The number of nitrogens with zero attached hydrogens (tertiary/aromatic N) is 2. The molecule has 3 aromatic rings. The number of aromatic nitrogens is 2. The number of carboxylic acid groups (broad SMARTS) is 1. The minimum Gasteiger partial charge on any atom is -0.497 e. The van der Waals surface area contributed by atoms with Crippen LogP contribution in [0.2, 0.25) is 0 Å². The van der Waals surface area contributed by atoms with E-state index in [1.807, 2.05) is 24.3 Å². The number of hydrogen-bond donors (Lipinski definition) is 3. The molecule has 0 aliphatic carbocycles. The number of methoxy groups -OCH3 is 1. The predicted molar refractivity (Wildman–Crippen MR) is 101 cm³/mol. The third kappa shape index (κ3) is 4.17. The molecule has 2 amide bonds. The lowest BCUT2D eigenvalue weighted by Crippen LogP contribution is -2.30. The van der Waals surface area contributed by atoms with Crippen LogP contribution in [0.5, 0.6) is 5.75 Å². The molecule has 0 spiro atoms. The summed E-state index contributed by atoms with van der Waals surface area (Å²) >= 11 is 0. The number of carbonyl (C=O) groups excluding carboxylic acids is 1. The van der Waals surface area contributed by atoms with Crippen LogP contribution < -0.4 is 15.4 Å². The number of fused-ring (bicyclic) bond motifs is 1. The van der Waals surface area contributed by atoms with E-state index in [0.29, 0.717) is 29.7 Å². The van der Waals surface area contributed by atoms with Gasteiger partial charge in [0.25, 0.3) is 0 Å². The first-order chi connectivity index (χ1) is 13.0. The summed E-state index contributed by atoms with van der Waals surface area (Å²) in [5.41, 5.74) is 2.54. The summed E-state index contributed by atoms with van der Waals surface area (Å²) in [5.74, 6) is -0.296. The molecule has 8 heteroatoms. The van der Waals surface area contributed by atoms with Gasteiger partial charge in [0.15, 0.2) is 0 Å². The first-order valence-corrected chi connectivity index (χ1v) is 8.34. The van der Waals surface area contributed by atoms with Crippen molar-refractivity contribution in [2.45, 2.75) is 6.42 Å². The van der Waals surface area contributed by atoms with Crippen molar-refractivity contribution in [3.63, 3.8) is 0 Å². The minimum atomic E-state index is -1.08. The van der Waals surface area contributed by atoms with E-state index >= 15 is 0 Å². The maximum atomic E-state index is 12.1. The van der Waals surface area contributed by atoms with Gasteiger partial charge in [-0.25, -0.2) is 14.6 Å². The molecule has 0 saturated carbocycles. The van der Waals surface area contributed by atoms with Crippen molar-refractivity contribution in [2.75, 3.05) is 19.0 Å². The number of ether oxygens (including phenoxy) is 1. The number of carbonyl (C=O) groups is 2. The van der Waals surface area contributed by atoms with Gasteiger partial charge < -0.3 is 25.0 Å². The molecule has 0 aliphatic rings. The summed E-state index contributed by atoms with van der Waals surface area (Å²) in [6.45, 7) is 0.440. The Morgan fingerprint density at radius 2 is 1.96 bits per heavy atom. The van der Waals surface area contributed by atoms with E-state index in [1.165, 1.54) is 12.4 Å². The molecule has 0 radical (unpaired) electrons. The van der Waals surface area contributed by atoms with Gasteiger partial charge >= 0.3 is 12.0 Å². The van der Waals surface area contributed by atoms with E-state index in [2.05, 4.69) is 15.6 Å². The lowest BCUT2D eigenvalue weighted by Gasteiger charge is -2.10. The molecule has 27 heavy (non-hydrogen) atoms. The van der Waals surface area contributed by atoms with Gasteiger partial charge in [-0.2, -0.15) is 0 Å². The van der Waals surface area contributed by atoms with Crippen molar-refractivity contribution in [3.05, 3.63) is 53.9 Å². The third-order valence-electron chi connectivity index (χ3n) is 4.16. The number of hydrogen-bond acceptors (Lipinski definition) is 4. The molecule has 0 aliphatic heterocycles. The van der Waals surface area contributed by atoms with Crippen molar-refractivity contribution in [2.24, 2.45) is 7.05 Å². The Hall–Kier alpha value is -3.55. The smallest absolute Gasteiger partial charge is 0.337 e. The van der Waals surface area contributed by atoms with Crippen molar-refractivity contribution in [1.29, 1.82) is 0 Å². The Balaban J connectivity index is 1.62. The Kier molecular flexibility index (Phi) is 5.25. The number of rotatable bonds is 6. The number of nitrogens with one attached hydrogen (secondary N) is 2. The fraction of sp³-hybridized carbons (Fsp3) is 0.211. The SMILES string of the molecule is COc1ccc(CCNC(=O)Nc2cc(C(=O)O)c3c(c2)ncn3C)cc1. The van der Waals surface area contributed by atoms with Crippen molar-refractivity contribution < 1.29 is 19.4 Å². The Morgan fingerprint density at radius 3 is 2.63 bits per heavy atom. The fourth-order valence-corrected chi connectivity index (χ4v) is 2.82. The van der Waals surface area contributed by atoms with E-state index in [-0.39, 0.29) is 5.56 Å². The molecule has 2 aromatic carbocycles. The quantitative estimate of drug-likeness (QED) is 0.620. The topological polar surface area (TPSA) is 105 Å². The highest BCUT2D eigenvalue weighted by Crippen LogP contribution is 2.23. The zero-order valence-corrected chi connectivity index (χ0v) is 15.0. The first kappa shape index (κ1) is 18.2. The van der Waals surface area contributed by atoms with E-state index in [1.54, 1.807) is 24.8 Å². The molecular weight excluding hydrogens is 348 g/mol. The number of amides is 2. The number of anilines is 1. The van der Waals surface area contributed by atoms with E-state index < -0.39 is 12.0 Å². The second-order valence-corrected chi connectivity index (χ2v) is 6.03. The van der Waals surface area contributed by atoms with E-state index in [9.17, 15) is 14.7 Å². The van der Waals surface area contributed by atoms with Crippen molar-refractivity contribution in [1.82, 2.24) is 14.9 Å². The summed E-state index contributed by atoms with van der Waals surface area (Å²) in [7, 11) is 3.33. The van der Waals surface area contributed by atoms with Crippen LogP contribution in [0.1, 0.15) is 15.9 Å². The summed E-state index contributed by atoms with van der Waals surface area (Å²) in [6, 6.07) is 10.3. The van der Waals surface area contributed by atoms with Gasteiger partial charge in [0.2, 0.25) is 0 Å². The third-order valence-corrected chi connectivity index (χ3v) is 4.16. The Labute approximate surface area is 155 Å². The fourth-order valence-electron chi connectivity index (χ4n) is 2.82. The summed E-state index contributed by atoms with van der Waals surface area (Å²) in [6.07, 6.45) is 2.20. The lowest BCUT2D eigenvalue weighted by molar-refractivity contribution is 0.0698. The summed E-state index contributed by atoms with van der Waals surface area (Å²) in [5, 5.41) is 14.8. The predicted octanol–water partition coefficient (Wildman–Crippen LogP) is 2.64. The highest BCUT2D eigenvalue weighted by atomic mass is 16.5. The highest BCUT2D eigenvalue weighted by molar-refractivity contribution is 6.04. The molecule has 0 bridgehead atoms. The van der Waals surface area contributed by atoms with Crippen molar-refractivity contribution in [3.8, 4) is 5.75 Å². The molecule has 0 saturated heterocycles. The van der Waals surface area contributed by atoms with Crippen LogP contribution in [0.3, 0.4) is 0 Å². The molecule has 0 fully saturated rings. The van der Waals surface area contributed by atoms with Crippen LogP contribution in [-0.4, -0.2) is 40.3 Å². The highest BCUT2D eigenvalue weighted by Gasteiger charge is 2.15. The molecule has 1 aromatic heterocycles. The molecular formula is C19H20N4O4. The zero-order valence-electron chi connectivity index (χ0n) is 15.0. The van der Waals surface area contributed by atoms with Crippen LogP contribution in [0.15, 0.2) is 42.7 Å². The number of carboxylic acids is 1. The summed E-state index contributed by atoms with van der Waals surface area (Å²) in [4.78, 5) is 27.8. The maximum Gasteiger partial charge on any atom is 0.337 e. The van der Waals surface area contributed by atoms with Gasteiger partial charge in [0.05, 0.1) is 30.0 Å². The lowest BCUT2D eigenvalue weighted by atomic mass is 10.1. The molecule has 0 atom stereocenters. The van der Waals surface area contributed by atoms with E-state index in [0.717, 1.165) is 11.3 Å². The van der Waals surface area contributed by atoms with Crippen LogP contribution in [0.25, 0.3) is 11.0 Å². The van der Waals surface area contributed by atoms with E-state index in [4.69, 9.17) is 4.74 Å². The monoisotopic (exact) mass is 368 g/mol. The average Bonchev–Trinajstić information content (AvgIpc) is 3.02. The number of aryl methyl sites for hydroxylation is 1.